The van der Waals surface area contributed by atoms with E-state index in [0.717, 1.165) is 28.0 Å². The van der Waals surface area contributed by atoms with E-state index in [1.54, 1.807) is 4.68 Å². The number of hydrogen-bond donors (Lipinski definition) is 0. The quantitative estimate of drug-likeness (QED) is 0.671. The number of ether oxygens (including phenoxy) is 1. The third-order valence-corrected chi connectivity index (χ3v) is 7.59. The van der Waals surface area contributed by atoms with Gasteiger partial charge in [0.2, 0.25) is 0 Å². The van der Waals surface area contributed by atoms with Gasteiger partial charge in [0.25, 0.3) is 5.91 Å². The van der Waals surface area contributed by atoms with Crippen LogP contribution in [0.3, 0.4) is 0 Å². The maximum absolute atomic E-state index is 13.2. The summed E-state index contributed by atoms with van der Waals surface area (Å²) in [6.45, 7) is 0.288. The van der Waals surface area contributed by atoms with Crippen LogP contribution in [0.5, 0.6) is 5.75 Å². The van der Waals surface area contributed by atoms with Crippen molar-refractivity contribution in [2.24, 2.45) is 17.8 Å². The first-order chi connectivity index (χ1) is 13.5. The molecule has 1 amide bonds. The number of hydrogen-bond acceptors (Lipinski definition) is 3. The fourth-order valence-corrected chi connectivity index (χ4v) is 6.35. The van der Waals surface area contributed by atoms with E-state index in [4.69, 9.17) is 4.74 Å². The van der Waals surface area contributed by atoms with Crippen molar-refractivity contribution in [2.75, 3.05) is 7.05 Å². The molecule has 4 aliphatic carbocycles. The van der Waals surface area contributed by atoms with Gasteiger partial charge in [0.1, 0.15) is 5.75 Å². The normalized spacial score (nSPS) is 30.4. The third-order valence-electron chi connectivity index (χ3n) is 7.06. The average molecular weight is 444 g/mol. The van der Waals surface area contributed by atoms with Crippen LogP contribution in [0.15, 0.2) is 41.0 Å². The molecule has 0 spiro atoms. The Morgan fingerprint density at radius 2 is 1.75 bits per heavy atom. The number of nitrogens with zero attached hydrogens (tertiary/aromatic N) is 3. The number of halogens is 1. The van der Waals surface area contributed by atoms with E-state index in [9.17, 15) is 4.79 Å². The molecule has 0 saturated heterocycles. The fourth-order valence-electron chi connectivity index (χ4n) is 6.08. The van der Waals surface area contributed by atoms with E-state index in [1.165, 1.54) is 38.5 Å². The Hall–Kier alpha value is -1.82. The lowest BCUT2D eigenvalue weighted by atomic mass is 9.52. The van der Waals surface area contributed by atoms with Crippen molar-refractivity contribution in [3.8, 4) is 5.75 Å². The molecule has 1 aromatic carbocycles. The monoisotopic (exact) mass is 443 g/mol. The summed E-state index contributed by atoms with van der Waals surface area (Å²) in [6.07, 6.45) is 9.48. The summed E-state index contributed by atoms with van der Waals surface area (Å²) >= 11 is 3.42. The Morgan fingerprint density at radius 1 is 1.14 bits per heavy atom. The van der Waals surface area contributed by atoms with Gasteiger partial charge in [-0.25, -0.2) is 4.68 Å². The largest absolute Gasteiger partial charge is 0.471 e. The van der Waals surface area contributed by atoms with Gasteiger partial charge < -0.3 is 9.64 Å². The van der Waals surface area contributed by atoms with Crippen molar-refractivity contribution >= 4 is 21.8 Å². The predicted octanol–water partition coefficient (Wildman–Crippen LogP) is 4.72. The van der Waals surface area contributed by atoms with Crippen LogP contribution in [-0.4, -0.2) is 33.2 Å². The van der Waals surface area contributed by atoms with E-state index in [1.807, 2.05) is 48.5 Å². The van der Waals surface area contributed by atoms with Gasteiger partial charge in [-0.3, -0.25) is 4.79 Å². The van der Waals surface area contributed by atoms with Gasteiger partial charge >= 0.3 is 0 Å². The molecule has 0 radical (unpaired) electrons. The fraction of sp³-hybridized carbons (Fsp3) is 0.545. The molecular weight excluding hydrogens is 418 g/mol. The molecule has 6 heteroatoms. The first-order valence-electron chi connectivity index (χ1n) is 10.2. The summed E-state index contributed by atoms with van der Waals surface area (Å²) in [5, 5.41) is 4.48. The van der Waals surface area contributed by atoms with Gasteiger partial charge in [0.05, 0.1) is 0 Å². The van der Waals surface area contributed by atoms with Crippen molar-refractivity contribution in [1.82, 2.24) is 14.7 Å². The standard InChI is InChI=1S/C22H26BrN3O2/c1-25(22-11-15-8-16(12-22)10-17(9-15)13-22)21(27)20-6-7-26(24-20)14-28-19-4-2-18(23)3-5-19/h2-7,15-17H,8-14H2,1H3. The molecular formula is C22H26BrN3O2. The molecule has 6 rings (SSSR count). The highest BCUT2D eigenvalue weighted by molar-refractivity contribution is 9.10. The van der Waals surface area contributed by atoms with Crippen LogP contribution in [0, 0.1) is 17.8 Å². The molecule has 28 heavy (non-hydrogen) atoms. The molecule has 148 valence electrons. The van der Waals surface area contributed by atoms with Crippen molar-refractivity contribution in [3.05, 3.63) is 46.7 Å². The highest BCUT2D eigenvalue weighted by Crippen LogP contribution is 2.57. The number of aromatic nitrogens is 2. The number of amides is 1. The van der Waals surface area contributed by atoms with Crippen LogP contribution >= 0.6 is 15.9 Å². The maximum Gasteiger partial charge on any atom is 0.274 e. The first-order valence-corrected chi connectivity index (χ1v) is 11.0. The Morgan fingerprint density at radius 3 is 2.36 bits per heavy atom. The second-order valence-corrected chi connectivity index (χ2v) is 9.89. The minimum absolute atomic E-state index is 0.0457. The summed E-state index contributed by atoms with van der Waals surface area (Å²) in [6, 6.07) is 9.49. The van der Waals surface area contributed by atoms with Crippen LogP contribution < -0.4 is 4.74 Å². The van der Waals surface area contributed by atoms with Gasteiger partial charge in [-0.15, -0.1) is 0 Å². The average Bonchev–Trinajstić information content (AvgIpc) is 3.14. The molecule has 0 atom stereocenters. The van der Waals surface area contributed by atoms with Crippen LogP contribution in [-0.2, 0) is 6.73 Å². The topological polar surface area (TPSA) is 47.4 Å². The van der Waals surface area contributed by atoms with E-state index in [0.29, 0.717) is 5.69 Å². The zero-order chi connectivity index (χ0) is 19.3. The Kier molecular flexibility index (Phi) is 4.49. The molecule has 1 heterocycles. The maximum atomic E-state index is 13.2. The van der Waals surface area contributed by atoms with E-state index < -0.39 is 0 Å². The van der Waals surface area contributed by atoms with Crippen molar-refractivity contribution in [2.45, 2.75) is 50.8 Å². The van der Waals surface area contributed by atoms with E-state index >= 15 is 0 Å². The highest BCUT2D eigenvalue weighted by Gasteiger charge is 2.53. The second-order valence-electron chi connectivity index (χ2n) is 8.97. The third kappa shape index (κ3) is 3.25. The van der Waals surface area contributed by atoms with Crippen LogP contribution in [0.4, 0.5) is 0 Å². The highest BCUT2D eigenvalue weighted by atomic mass is 79.9. The van der Waals surface area contributed by atoms with Gasteiger partial charge in [-0.1, -0.05) is 15.9 Å². The smallest absolute Gasteiger partial charge is 0.274 e. The van der Waals surface area contributed by atoms with Crippen LogP contribution in [0.1, 0.15) is 49.0 Å². The van der Waals surface area contributed by atoms with E-state index in [2.05, 4.69) is 21.0 Å². The zero-order valence-corrected chi connectivity index (χ0v) is 17.8. The SMILES string of the molecule is CN(C(=O)c1ccn(COc2ccc(Br)cc2)n1)C12CC3CC(CC(C3)C1)C2. The number of carbonyl (C=O) groups is 1. The molecule has 2 aromatic rings. The lowest BCUT2D eigenvalue weighted by Gasteiger charge is -2.59. The number of benzene rings is 1. The first kappa shape index (κ1) is 18.2. The van der Waals surface area contributed by atoms with Gasteiger partial charge in [-0.05, 0) is 86.6 Å². The van der Waals surface area contributed by atoms with Gasteiger partial charge in [-0.2, -0.15) is 5.10 Å². The minimum Gasteiger partial charge on any atom is -0.471 e. The summed E-state index contributed by atoms with van der Waals surface area (Å²) < 4.78 is 8.45. The molecule has 0 aliphatic heterocycles. The van der Waals surface area contributed by atoms with Crippen LogP contribution in [0.2, 0.25) is 0 Å². The predicted molar refractivity (Wildman–Crippen MR) is 110 cm³/mol. The number of carbonyl (C=O) groups excluding carboxylic acids is 1. The molecule has 4 aliphatic rings. The lowest BCUT2D eigenvalue weighted by molar-refractivity contribution is -0.0667. The summed E-state index contributed by atoms with van der Waals surface area (Å²) in [7, 11) is 1.99. The van der Waals surface area contributed by atoms with Crippen molar-refractivity contribution in [1.29, 1.82) is 0 Å². The van der Waals surface area contributed by atoms with Crippen molar-refractivity contribution < 1.29 is 9.53 Å². The second kappa shape index (κ2) is 6.90. The molecule has 4 saturated carbocycles. The van der Waals surface area contributed by atoms with Crippen LogP contribution in [0.25, 0.3) is 0 Å². The Labute approximate surface area is 174 Å². The zero-order valence-electron chi connectivity index (χ0n) is 16.2. The Balaban J connectivity index is 1.26. The van der Waals surface area contributed by atoms with E-state index in [-0.39, 0.29) is 18.2 Å². The van der Waals surface area contributed by atoms with Crippen molar-refractivity contribution in [3.63, 3.8) is 0 Å². The van der Waals surface area contributed by atoms with Gasteiger partial charge in [0.15, 0.2) is 12.4 Å². The van der Waals surface area contributed by atoms with Gasteiger partial charge in [0, 0.05) is 23.3 Å². The molecule has 0 N–H and O–H groups in total. The summed E-state index contributed by atoms with van der Waals surface area (Å²) in [5.41, 5.74) is 0.571. The Bertz CT molecular complexity index is 841. The summed E-state index contributed by atoms with van der Waals surface area (Å²) in [4.78, 5) is 15.2. The molecule has 5 nitrogen and oxygen atoms in total. The summed E-state index contributed by atoms with van der Waals surface area (Å²) in [5.74, 6) is 3.27. The minimum atomic E-state index is 0.0457. The molecule has 4 fully saturated rings. The molecule has 0 unspecified atom stereocenters. The lowest BCUT2D eigenvalue weighted by Crippen LogP contribution is -2.60. The molecule has 4 bridgehead atoms. The molecule has 1 aromatic heterocycles. The number of rotatable bonds is 5.